The largest absolute Gasteiger partial charge is 0.378 e. The maximum Gasteiger partial charge on any atom is 0.365 e. The molecule has 0 saturated carbocycles. The molecule has 11 aromatic carbocycles. The highest BCUT2D eigenvalue weighted by molar-refractivity contribution is 7.99. The van der Waals surface area contributed by atoms with E-state index >= 15 is 0 Å². The molecule has 0 aliphatic carbocycles. The number of rotatable bonds is 20. The van der Waals surface area contributed by atoms with Crippen LogP contribution in [-0.4, -0.2) is 72.8 Å². The zero-order chi connectivity index (χ0) is 65.2. The van der Waals surface area contributed by atoms with E-state index in [1.54, 1.807) is 97.1 Å². The van der Waals surface area contributed by atoms with Gasteiger partial charge in [-0.25, -0.2) is 9.59 Å². The summed E-state index contributed by atoms with van der Waals surface area (Å²) in [5.74, 6) is -2.09. The highest BCUT2D eigenvalue weighted by Gasteiger charge is 2.23. The van der Waals surface area contributed by atoms with Crippen molar-refractivity contribution in [3.8, 4) is 11.1 Å². The van der Waals surface area contributed by atoms with Gasteiger partial charge in [-0.15, -0.1) is 0 Å². The van der Waals surface area contributed by atoms with Crippen molar-refractivity contribution in [2.45, 2.75) is 33.4 Å². The summed E-state index contributed by atoms with van der Waals surface area (Å²) in [5.41, 5.74) is 10.2. The van der Waals surface area contributed by atoms with Crippen LogP contribution in [0, 0.1) is 13.8 Å². The lowest BCUT2D eigenvalue weighted by Gasteiger charge is -2.28. The predicted molar refractivity (Wildman–Crippen MR) is 370 cm³/mol. The second kappa shape index (κ2) is 31.2. The van der Waals surface area contributed by atoms with Crippen LogP contribution in [0.1, 0.15) is 95.5 Å². The summed E-state index contributed by atoms with van der Waals surface area (Å²) in [6.45, 7) is 6.87. The van der Waals surface area contributed by atoms with Gasteiger partial charge in [-0.1, -0.05) is 173 Å². The third-order valence-corrected chi connectivity index (χ3v) is 17.4. The molecular weight excluding hydrogens is 1210 g/mol. The second-order valence-electron chi connectivity index (χ2n) is 21.7. The molecule has 1 heterocycles. The van der Waals surface area contributed by atoms with Gasteiger partial charge >= 0.3 is 11.9 Å². The molecule has 1 fully saturated rings. The predicted octanol–water partition coefficient (Wildman–Crippen LogP) is 17.1. The Hall–Kier alpha value is -11.2. The number of nitrogens with zero attached hydrogens (tertiary/aromatic N) is 3. The Labute approximate surface area is 553 Å². The number of carbonyl (C=O) groups excluding carboxylic acids is 6. The second-order valence-corrected chi connectivity index (χ2v) is 24.0. The van der Waals surface area contributed by atoms with Crippen molar-refractivity contribution in [3.05, 3.63) is 352 Å². The number of morpholine rings is 1. The highest BCUT2D eigenvalue weighted by atomic mass is 32.2. The lowest BCUT2D eigenvalue weighted by atomic mass is 9.97. The molecule has 0 radical (unpaired) electrons. The summed E-state index contributed by atoms with van der Waals surface area (Å²) in [4.78, 5) is 95.2. The minimum absolute atomic E-state index is 0.0292. The van der Waals surface area contributed by atoms with E-state index in [0.29, 0.717) is 68.8 Å². The average molecular weight is 1270 g/mol. The first-order valence-corrected chi connectivity index (χ1v) is 31.9. The lowest BCUT2D eigenvalue weighted by molar-refractivity contribution is 0.0506. The molecule has 0 amide bonds. The Balaban J connectivity index is 0.000000192. The first kappa shape index (κ1) is 64.4. The van der Waals surface area contributed by atoms with Gasteiger partial charge in [0, 0.05) is 82.9 Å². The zero-order valence-electron chi connectivity index (χ0n) is 51.3. The number of oxime groups is 2. The quantitative estimate of drug-likeness (QED) is 0.0308. The molecule has 1 aliphatic heterocycles. The fraction of sp³-hybridized carbons (Fsp3) is 0.0750. The minimum Gasteiger partial charge on any atom is -0.378 e. The van der Waals surface area contributed by atoms with Crippen molar-refractivity contribution in [3.63, 3.8) is 0 Å². The third-order valence-electron chi connectivity index (χ3n) is 15.4. The van der Waals surface area contributed by atoms with Crippen molar-refractivity contribution < 1.29 is 43.2 Å². The number of Topliss-reactive ketones (excluding diaryl/α,β-unsaturated/α-hetero) is 2. The summed E-state index contributed by atoms with van der Waals surface area (Å²) in [7, 11) is 0. The van der Waals surface area contributed by atoms with E-state index in [9.17, 15) is 28.8 Å². The number of anilines is 1. The van der Waals surface area contributed by atoms with Crippen LogP contribution >= 0.6 is 23.5 Å². The number of hydrogen-bond donors (Lipinski definition) is 0. The monoisotopic (exact) mass is 1270 g/mol. The van der Waals surface area contributed by atoms with Gasteiger partial charge in [0.1, 0.15) is 0 Å². The van der Waals surface area contributed by atoms with E-state index in [1.165, 1.54) is 23.5 Å². The maximum atomic E-state index is 13.7. The van der Waals surface area contributed by atoms with Crippen LogP contribution in [0.2, 0.25) is 0 Å². The summed E-state index contributed by atoms with van der Waals surface area (Å²) in [6, 6.07) is 86.5. The van der Waals surface area contributed by atoms with E-state index in [2.05, 4.69) is 15.2 Å². The molecule has 0 aromatic heterocycles. The van der Waals surface area contributed by atoms with Crippen LogP contribution in [0.3, 0.4) is 0 Å². The van der Waals surface area contributed by atoms with Crippen LogP contribution < -0.4 is 4.90 Å². The van der Waals surface area contributed by atoms with Gasteiger partial charge in [0.15, 0.2) is 23.0 Å². The fourth-order valence-electron chi connectivity index (χ4n) is 10.2. The van der Waals surface area contributed by atoms with E-state index < -0.39 is 11.9 Å². The molecule has 11 aromatic rings. The minimum atomic E-state index is -0.648. The topological polar surface area (TPSA) is 158 Å². The molecule has 0 unspecified atom stereocenters. The lowest BCUT2D eigenvalue weighted by Crippen LogP contribution is -2.36. The van der Waals surface area contributed by atoms with Crippen LogP contribution in [0.15, 0.2) is 315 Å². The average Bonchev–Trinajstić information content (AvgIpc) is 0.922. The van der Waals surface area contributed by atoms with Gasteiger partial charge in [0.05, 0.1) is 24.3 Å². The van der Waals surface area contributed by atoms with Gasteiger partial charge in [0.2, 0.25) is 11.6 Å². The van der Waals surface area contributed by atoms with Crippen LogP contribution in [-0.2, 0) is 14.4 Å². The number of ketones is 4. The molecule has 12 nitrogen and oxygen atoms in total. The SMILES string of the molecule is Cc1ccccc1/C(=N/OC(=O)c1ccccc1)C(=O)c1ccc(Sc2ccc(C(=O)c3ccc(-c4ccccc4)cc3)cc2)cc1.Cc1ccccc1/C(=N/OC(=O)c1ccccc1)C(=O)c1ccc(Sc2ccc(C(=O)c3ccc(N4CCOCC4)cc3)cc2)cc1. The highest BCUT2D eigenvalue weighted by Crippen LogP contribution is 2.32. The van der Waals surface area contributed by atoms with Crippen molar-refractivity contribution in [1.29, 1.82) is 0 Å². The fourth-order valence-corrected chi connectivity index (χ4v) is 11.8. The van der Waals surface area contributed by atoms with Crippen LogP contribution in [0.5, 0.6) is 0 Å². The maximum absolute atomic E-state index is 13.7. The summed E-state index contributed by atoms with van der Waals surface area (Å²) in [6.07, 6.45) is 0. The number of hydrogen-bond acceptors (Lipinski definition) is 14. The van der Waals surface area contributed by atoms with Gasteiger partial charge < -0.3 is 19.3 Å². The molecule has 1 saturated heterocycles. The van der Waals surface area contributed by atoms with Crippen molar-refractivity contribution in [2.75, 3.05) is 31.2 Å². The van der Waals surface area contributed by atoms with Gasteiger partial charge in [-0.3, -0.25) is 19.2 Å². The Morgan fingerprint density at radius 1 is 0.340 bits per heavy atom. The molecule has 94 heavy (non-hydrogen) atoms. The normalized spacial score (nSPS) is 12.2. The molecule has 1 aliphatic rings. The summed E-state index contributed by atoms with van der Waals surface area (Å²) >= 11 is 3.04. The zero-order valence-corrected chi connectivity index (χ0v) is 52.9. The number of benzene rings is 11. The molecule has 0 atom stereocenters. The van der Waals surface area contributed by atoms with E-state index in [4.69, 9.17) is 14.4 Å². The van der Waals surface area contributed by atoms with Gasteiger partial charge in [0.25, 0.3) is 0 Å². The van der Waals surface area contributed by atoms with Crippen molar-refractivity contribution in [2.24, 2.45) is 10.3 Å². The van der Waals surface area contributed by atoms with Crippen LogP contribution in [0.25, 0.3) is 11.1 Å². The molecule has 14 heteroatoms. The Morgan fingerprint density at radius 2 is 0.649 bits per heavy atom. The summed E-state index contributed by atoms with van der Waals surface area (Å²) < 4.78 is 5.43. The first-order chi connectivity index (χ1) is 45.9. The van der Waals surface area contributed by atoms with Gasteiger partial charge in [-0.05, 0) is 182 Å². The Morgan fingerprint density at radius 3 is 1.02 bits per heavy atom. The smallest absolute Gasteiger partial charge is 0.365 e. The van der Waals surface area contributed by atoms with Crippen molar-refractivity contribution >= 4 is 75.7 Å². The number of ether oxygens (including phenoxy) is 1. The molecule has 462 valence electrons. The van der Waals surface area contributed by atoms with Gasteiger partial charge in [-0.2, -0.15) is 0 Å². The first-order valence-electron chi connectivity index (χ1n) is 30.3. The van der Waals surface area contributed by atoms with Crippen molar-refractivity contribution in [1.82, 2.24) is 0 Å². The van der Waals surface area contributed by atoms with Crippen LogP contribution in [0.4, 0.5) is 5.69 Å². The number of carbonyl (C=O) groups is 6. The molecule has 0 spiro atoms. The third kappa shape index (κ3) is 16.5. The van der Waals surface area contributed by atoms with E-state index in [-0.39, 0.29) is 34.6 Å². The van der Waals surface area contributed by atoms with E-state index in [0.717, 1.165) is 60.6 Å². The number of aryl methyl sites for hydroxylation is 2. The molecule has 0 N–H and O–H groups in total. The summed E-state index contributed by atoms with van der Waals surface area (Å²) in [5, 5.41) is 8.09. The molecule has 0 bridgehead atoms. The standard InChI is InChI=1S/C41H29NO4S.C39H32N2O5S/c1-28-10-8-9-15-37(28)38(42-46-41(45)34-13-6-3-7-14-34)40(44)33-22-26-36(27-23-33)47-35-24-20-32(21-25-35)39(43)31-18-16-30(17-19-31)29-11-4-2-5-12-29;1-27-7-5-6-10-35(27)36(40-46-39(44)31-8-3-2-4-9-31)38(43)30-15-21-34(22-16-30)47-33-19-13-29(14-20-33)37(42)28-11-17-32(18-12-28)41-23-25-45-26-24-41/h2-27H,1H3;2-22H,23-26H2,1H3/b42-38-;40-36-. The molecule has 12 rings (SSSR count). The Bertz CT molecular complexity index is 4540. The Kier molecular flexibility index (Phi) is 21.4. The van der Waals surface area contributed by atoms with E-state index in [1.807, 2.05) is 202 Å². The molecular formula is C80H61N3O9S2.